The van der Waals surface area contributed by atoms with Crippen molar-refractivity contribution in [2.45, 2.75) is 46.0 Å². The molecule has 1 fully saturated rings. The van der Waals surface area contributed by atoms with Crippen LogP contribution in [0.15, 0.2) is 6.07 Å². The van der Waals surface area contributed by atoms with Gasteiger partial charge in [-0.2, -0.15) is 9.97 Å². The summed E-state index contributed by atoms with van der Waals surface area (Å²) in [6.45, 7) is 6.26. The zero-order valence-corrected chi connectivity index (χ0v) is 12.0. The summed E-state index contributed by atoms with van der Waals surface area (Å²) in [5.74, 6) is 1.95. The van der Waals surface area contributed by atoms with Crippen LogP contribution in [0.1, 0.15) is 46.0 Å². The number of anilines is 3. The van der Waals surface area contributed by atoms with Gasteiger partial charge < -0.3 is 16.4 Å². The van der Waals surface area contributed by atoms with E-state index >= 15 is 0 Å². The lowest BCUT2D eigenvalue weighted by atomic mass is 10.0. The van der Waals surface area contributed by atoms with Gasteiger partial charge >= 0.3 is 0 Å². The van der Waals surface area contributed by atoms with E-state index < -0.39 is 0 Å². The molecule has 1 aromatic rings. The Morgan fingerprint density at radius 1 is 1.16 bits per heavy atom. The highest BCUT2D eigenvalue weighted by atomic mass is 15.1. The number of nitrogens with two attached hydrogens (primary N) is 1. The maximum absolute atomic E-state index is 5.74. The molecule has 1 aliphatic carbocycles. The van der Waals surface area contributed by atoms with Gasteiger partial charge in [-0.1, -0.05) is 20.3 Å². The number of hydrogen-bond donors (Lipinski definition) is 3. The van der Waals surface area contributed by atoms with Crippen LogP contribution in [0, 0.1) is 5.41 Å². The molecule has 0 bridgehead atoms. The van der Waals surface area contributed by atoms with Crippen LogP contribution in [-0.2, 0) is 0 Å². The van der Waals surface area contributed by atoms with Gasteiger partial charge in [-0.15, -0.1) is 0 Å². The summed E-state index contributed by atoms with van der Waals surface area (Å²) in [6, 6.07) is 1.94. The van der Waals surface area contributed by atoms with Crippen molar-refractivity contribution >= 4 is 17.6 Å². The van der Waals surface area contributed by atoms with E-state index in [2.05, 4.69) is 34.4 Å². The topological polar surface area (TPSA) is 75.9 Å². The monoisotopic (exact) mass is 263 g/mol. The second kappa shape index (κ2) is 6.08. The second-order valence-electron chi connectivity index (χ2n) is 5.53. The Morgan fingerprint density at radius 3 is 2.42 bits per heavy atom. The van der Waals surface area contributed by atoms with Gasteiger partial charge in [0.1, 0.15) is 11.6 Å². The molecule has 0 aromatic carbocycles. The highest BCUT2D eigenvalue weighted by molar-refractivity contribution is 5.51. The van der Waals surface area contributed by atoms with Crippen molar-refractivity contribution in [3.05, 3.63) is 6.07 Å². The minimum atomic E-state index is 0.323. The first kappa shape index (κ1) is 13.9. The number of nitrogen functional groups attached to an aromatic ring is 1. The molecule has 0 atom stereocenters. The SMILES string of the molecule is CCCNc1cc(NCC2(CCC)CC2)nc(N)n1. The number of rotatable bonds is 8. The predicted molar refractivity (Wildman–Crippen MR) is 80.3 cm³/mol. The van der Waals surface area contributed by atoms with Crippen molar-refractivity contribution in [1.29, 1.82) is 0 Å². The Kier molecular flexibility index (Phi) is 4.45. The van der Waals surface area contributed by atoms with Crippen LogP contribution in [0.5, 0.6) is 0 Å². The quantitative estimate of drug-likeness (QED) is 0.672. The van der Waals surface area contributed by atoms with Crippen LogP contribution in [0.2, 0.25) is 0 Å². The van der Waals surface area contributed by atoms with E-state index in [1.807, 2.05) is 6.07 Å². The van der Waals surface area contributed by atoms with E-state index in [0.717, 1.165) is 31.1 Å². The summed E-state index contributed by atoms with van der Waals surface area (Å²) in [7, 11) is 0. The third-order valence-corrected chi connectivity index (χ3v) is 3.68. The normalized spacial score (nSPS) is 16.1. The van der Waals surface area contributed by atoms with Crippen molar-refractivity contribution in [3.8, 4) is 0 Å². The lowest BCUT2D eigenvalue weighted by Crippen LogP contribution is -2.17. The van der Waals surface area contributed by atoms with Gasteiger partial charge in [0.2, 0.25) is 5.95 Å². The molecule has 1 aliphatic rings. The lowest BCUT2D eigenvalue weighted by Gasteiger charge is -2.16. The molecule has 19 heavy (non-hydrogen) atoms. The molecule has 0 spiro atoms. The molecule has 0 radical (unpaired) electrons. The van der Waals surface area contributed by atoms with Gasteiger partial charge in [-0.25, -0.2) is 0 Å². The Hall–Kier alpha value is -1.52. The molecule has 1 aromatic heterocycles. The maximum atomic E-state index is 5.74. The van der Waals surface area contributed by atoms with Crippen LogP contribution in [0.4, 0.5) is 17.6 Å². The fourth-order valence-electron chi connectivity index (χ4n) is 2.40. The van der Waals surface area contributed by atoms with Gasteiger partial charge in [-0.3, -0.25) is 0 Å². The van der Waals surface area contributed by atoms with E-state index in [-0.39, 0.29) is 0 Å². The average Bonchev–Trinajstić information content (AvgIpc) is 3.14. The zero-order chi connectivity index (χ0) is 13.7. The summed E-state index contributed by atoms with van der Waals surface area (Å²) < 4.78 is 0. The molecule has 0 amide bonds. The highest BCUT2D eigenvalue weighted by Crippen LogP contribution is 2.49. The van der Waals surface area contributed by atoms with Gasteiger partial charge in [0.05, 0.1) is 0 Å². The van der Waals surface area contributed by atoms with E-state index in [1.165, 1.54) is 25.7 Å². The Morgan fingerprint density at radius 2 is 1.84 bits per heavy atom. The molecule has 0 aliphatic heterocycles. The lowest BCUT2D eigenvalue weighted by molar-refractivity contribution is 0.485. The number of hydrogen-bond acceptors (Lipinski definition) is 5. The summed E-state index contributed by atoms with van der Waals surface area (Å²) >= 11 is 0. The third-order valence-electron chi connectivity index (χ3n) is 3.68. The standard InChI is InChI=1S/C14H25N5/c1-3-5-14(6-7-14)10-17-12-9-11(16-8-4-2)18-13(15)19-12/h9H,3-8,10H2,1-2H3,(H4,15,16,17,18,19). The van der Waals surface area contributed by atoms with Crippen LogP contribution in [0.3, 0.4) is 0 Å². The number of nitrogens with one attached hydrogen (secondary N) is 2. The summed E-state index contributed by atoms with van der Waals surface area (Å²) in [5, 5.41) is 6.66. The van der Waals surface area contributed by atoms with Crippen molar-refractivity contribution in [1.82, 2.24) is 9.97 Å². The molecule has 5 nitrogen and oxygen atoms in total. The first-order chi connectivity index (χ1) is 9.17. The van der Waals surface area contributed by atoms with Crippen LogP contribution in [-0.4, -0.2) is 23.1 Å². The van der Waals surface area contributed by atoms with E-state index in [0.29, 0.717) is 11.4 Å². The second-order valence-corrected chi connectivity index (χ2v) is 5.53. The van der Waals surface area contributed by atoms with E-state index in [9.17, 15) is 0 Å². The minimum absolute atomic E-state index is 0.323. The Bertz CT molecular complexity index is 414. The summed E-state index contributed by atoms with van der Waals surface area (Å²) in [6.07, 6.45) is 6.26. The minimum Gasteiger partial charge on any atom is -0.370 e. The molecule has 106 valence electrons. The fraction of sp³-hybridized carbons (Fsp3) is 0.714. The first-order valence-corrected chi connectivity index (χ1v) is 7.30. The third kappa shape index (κ3) is 3.98. The largest absolute Gasteiger partial charge is 0.370 e. The maximum Gasteiger partial charge on any atom is 0.223 e. The predicted octanol–water partition coefficient (Wildman–Crippen LogP) is 2.87. The molecule has 1 saturated carbocycles. The van der Waals surface area contributed by atoms with Crippen LogP contribution >= 0.6 is 0 Å². The van der Waals surface area contributed by atoms with Gasteiger partial charge in [0.25, 0.3) is 0 Å². The van der Waals surface area contributed by atoms with Gasteiger partial charge in [0, 0.05) is 19.2 Å². The van der Waals surface area contributed by atoms with Crippen LogP contribution in [0.25, 0.3) is 0 Å². The highest BCUT2D eigenvalue weighted by Gasteiger charge is 2.41. The molecular formula is C14H25N5. The van der Waals surface area contributed by atoms with Crippen molar-refractivity contribution in [3.63, 3.8) is 0 Å². The molecule has 0 saturated heterocycles. The van der Waals surface area contributed by atoms with E-state index in [1.54, 1.807) is 0 Å². The van der Waals surface area contributed by atoms with Crippen molar-refractivity contribution in [2.75, 3.05) is 29.5 Å². The number of aromatic nitrogens is 2. The molecule has 0 unspecified atom stereocenters. The van der Waals surface area contributed by atoms with Gasteiger partial charge in [0.15, 0.2) is 0 Å². The molecule has 4 N–H and O–H groups in total. The van der Waals surface area contributed by atoms with E-state index in [4.69, 9.17) is 5.73 Å². The van der Waals surface area contributed by atoms with Crippen molar-refractivity contribution < 1.29 is 0 Å². The fourth-order valence-corrected chi connectivity index (χ4v) is 2.40. The Labute approximate surface area is 115 Å². The molecular weight excluding hydrogens is 238 g/mol. The summed E-state index contributed by atoms with van der Waals surface area (Å²) in [4.78, 5) is 8.43. The van der Waals surface area contributed by atoms with Crippen LogP contribution < -0.4 is 16.4 Å². The summed E-state index contributed by atoms with van der Waals surface area (Å²) in [5.41, 5.74) is 6.25. The van der Waals surface area contributed by atoms with Gasteiger partial charge in [-0.05, 0) is 31.1 Å². The number of nitrogens with zero attached hydrogens (tertiary/aromatic N) is 2. The first-order valence-electron chi connectivity index (χ1n) is 7.30. The molecule has 2 rings (SSSR count). The smallest absolute Gasteiger partial charge is 0.223 e. The zero-order valence-electron chi connectivity index (χ0n) is 12.0. The molecule has 5 heteroatoms. The Balaban J connectivity index is 1.94. The molecule has 1 heterocycles. The van der Waals surface area contributed by atoms with Crippen molar-refractivity contribution in [2.24, 2.45) is 5.41 Å². The average molecular weight is 263 g/mol.